The zero-order chi connectivity index (χ0) is 29.9. The molecule has 1 aliphatic carbocycles. The molecule has 4 aromatic heterocycles. The summed E-state index contributed by atoms with van der Waals surface area (Å²) in [6.07, 6.45) is 7.51. The van der Waals surface area contributed by atoms with Crippen molar-refractivity contribution in [1.82, 2.24) is 40.3 Å². The molecule has 0 aliphatic heterocycles. The van der Waals surface area contributed by atoms with E-state index in [0.29, 0.717) is 40.3 Å². The predicted octanol–water partition coefficient (Wildman–Crippen LogP) is 3.75. The summed E-state index contributed by atoms with van der Waals surface area (Å²) in [6, 6.07) is 19.6. The van der Waals surface area contributed by atoms with E-state index in [4.69, 9.17) is 10.00 Å². The molecule has 216 valence electrons. The van der Waals surface area contributed by atoms with Crippen LogP contribution in [0.3, 0.4) is 0 Å². The summed E-state index contributed by atoms with van der Waals surface area (Å²) in [5, 5.41) is 27.6. The molecule has 0 saturated heterocycles. The fourth-order valence-electron chi connectivity index (χ4n) is 4.26. The molecule has 43 heavy (non-hydrogen) atoms. The number of hydrogen-bond acceptors (Lipinski definition) is 10. The van der Waals surface area contributed by atoms with Crippen molar-refractivity contribution in [2.45, 2.75) is 25.7 Å². The van der Waals surface area contributed by atoms with Crippen molar-refractivity contribution < 1.29 is 14.3 Å². The molecule has 14 heteroatoms. The highest BCUT2D eigenvalue weighted by Crippen LogP contribution is 2.25. The first-order valence-electron chi connectivity index (χ1n) is 13.5. The number of carbonyl (C=O) groups excluding carboxylic acids is 2. The van der Waals surface area contributed by atoms with Crippen molar-refractivity contribution >= 4 is 23.7 Å². The van der Waals surface area contributed by atoms with Gasteiger partial charge in [-0.05, 0) is 49.2 Å². The first kappa shape index (κ1) is 28.6. The first-order valence-corrected chi connectivity index (χ1v) is 13.5. The third-order valence-electron chi connectivity index (χ3n) is 6.36. The Kier molecular flexibility index (Phi) is 9.35. The molecule has 4 N–H and O–H groups in total. The van der Waals surface area contributed by atoms with E-state index in [1.54, 1.807) is 48.8 Å². The quantitative estimate of drug-likeness (QED) is 0.210. The second-order valence-corrected chi connectivity index (χ2v) is 9.36. The van der Waals surface area contributed by atoms with Crippen LogP contribution in [0.25, 0.3) is 23.0 Å². The molecule has 1 saturated carbocycles. The highest BCUT2D eigenvalue weighted by molar-refractivity contribution is 5.91. The maximum atomic E-state index is 11.9. The van der Waals surface area contributed by atoms with Crippen LogP contribution >= 0.6 is 0 Å². The van der Waals surface area contributed by atoms with Gasteiger partial charge in [-0.1, -0.05) is 37.1 Å². The molecule has 0 spiro atoms. The van der Waals surface area contributed by atoms with Gasteiger partial charge in [-0.25, -0.2) is 0 Å². The van der Waals surface area contributed by atoms with Crippen molar-refractivity contribution in [3.63, 3.8) is 0 Å². The van der Waals surface area contributed by atoms with Gasteiger partial charge in [-0.2, -0.15) is 15.2 Å². The number of amides is 2. The first-order chi connectivity index (χ1) is 21.1. The zero-order valence-electron chi connectivity index (χ0n) is 22.9. The van der Waals surface area contributed by atoms with Gasteiger partial charge in [0.2, 0.25) is 17.8 Å². The van der Waals surface area contributed by atoms with E-state index < -0.39 is 5.91 Å². The van der Waals surface area contributed by atoms with Gasteiger partial charge in [-0.3, -0.25) is 40.4 Å². The highest BCUT2D eigenvalue weighted by atomic mass is 16.5. The summed E-state index contributed by atoms with van der Waals surface area (Å²) in [7, 11) is 0. The largest absolute Gasteiger partial charge is 0.482 e. The number of benzene rings is 1. The molecule has 4 heterocycles. The summed E-state index contributed by atoms with van der Waals surface area (Å²) in [5.74, 6) is 1.48. The van der Waals surface area contributed by atoms with E-state index in [1.807, 2.05) is 30.3 Å². The van der Waals surface area contributed by atoms with E-state index in [9.17, 15) is 9.59 Å². The Balaban J connectivity index is 0.000000176. The average molecular weight is 578 g/mol. The summed E-state index contributed by atoms with van der Waals surface area (Å²) < 4.78 is 5.34. The van der Waals surface area contributed by atoms with Crippen molar-refractivity contribution in [1.29, 1.82) is 5.26 Å². The van der Waals surface area contributed by atoms with E-state index >= 15 is 0 Å². The minimum absolute atomic E-state index is 0.0177. The van der Waals surface area contributed by atoms with Crippen molar-refractivity contribution in [2.75, 3.05) is 17.2 Å². The van der Waals surface area contributed by atoms with Crippen LogP contribution in [0.5, 0.6) is 5.75 Å². The molecule has 0 unspecified atom stereocenters. The van der Waals surface area contributed by atoms with E-state index in [-0.39, 0.29) is 24.4 Å². The average Bonchev–Trinajstić information content (AvgIpc) is 3.85. The summed E-state index contributed by atoms with van der Waals surface area (Å²) in [6.45, 7) is -0.258. The third-order valence-corrected chi connectivity index (χ3v) is 6.36. The normalized spacial score (nSPS) is 12.4. The lowest BCUT2D eigenvalue weighted by atomic mass is 10.1. The summed E-state index contributed by atoms with van der Waals surface area (Å²) >= 11 is 0. The van der Waals surface area contributed by atoms with Crippen molar-refractivity contribution in [3.8, 4) is 34.9 Å². The molecule has 0 atom stereocenters. The number of hydrogen-bond donors (Lipinski definition) is 4. The Labute approximate surface area is 246 Å². The van der Waals surface area contributed by atoms with Crippen LogP contribution in [0.2, 0.25) is 0 Å². The summed E-state index contributed by atoms with van der Waals surface area (Å²) in [5.41, 5.74) is 1.68. The second kappa shape index (κ2) is 14.1. The smallest absolute Gasteiger partial charge is 0.264 e. The molecular formula is C29H27N11O3. The van der Waals surface area contributed by atoms with Crippen LogP contribution in [0.1, 0.15) is 31.2 Å². The van der Waals surface area contributed by atoms with Gasteiger partial charge >= 0.3 is 0 Å². The Morgan fingerprint density at radius 3 is 2.00 bits per heavy atom. The van der Waals surface area contributed by atoms with E-state index in [1.165, 1.54) is 0 Å². The molecule has 0 radical (unpaired) electrons. The van der Waals surface area contributed by atoms with Crippen LogP contribution in [0.4, 0.5) is 11.9 Å². The number of nitriles is 1. The molecular weight excluding hydrogens is 550 g/mol. The number of ether oxygens (including phenoxy) is 1. The highest BCUT2D eigenvalue weighted by Gasteiger charge is 2.23. The third kappa shape index (κ3) is 7.82. The molecule has 1 fully saturated rings. The van der Waals surface area contributed by atoms with Crippen LogP contribution in [0.15, 0.2) is 73.1 Å². The van der Waals surface area contributed by atoms with Gasteiger partial charge in [0.1, 0.15) is 23.2 Å². The second-order valence-electron chi connectivity index (χ2n) is 9.36. The minimum Gasteiger partial charge on any atom is -0.482 e. The Bertz CT molecular complexity index is 1690. The van der Waals surface area contributed by atoms with E-state index in [0.717, 1.165) is 25.7 Å². The Morgan fingerprint density at radius 1 is 0.837 bits per heavy atom. The molecule has 0 bridgehead atoms. The molecule has 1 aliphatic rings. The van der Waals surface area contributed by atoms with Gasteiger partial charge in [0.25, 0.3) is 5.91 Å². The maximum absolute atomic E-state index is 11.9. The van der Waals surface area contributed by atoms with Gasteiger partial charge in [0.15, 0.2) is 18.3 Å². The van der Waals surface area contributed by atoms with E-state index in [2.05, 4.69) is 51.0 Å². The SMILES string of the molecule is N#Cc1ccccc1OCC(=O)Nc1n[nH]c(-c2ccccn2)n1.O=C(Nc1n[nH]c(-c2ccccn2)n1)C1CCCC1. The standard InChI is InChI=1S/C16H12N6O2.C13H15N5O/c17-9-11-5-1-2-7-13(11)24-10-14(23)19-16-20-15(21-22-16)12-6-3-4-8-18-12;19-12(9-5-1-2-6-9)16-13-15-11(17-18-13)10-7-3-4-8-14-10/h1-8H,10H2,(H2,19,20,21,22,23);3-4,7-9H,1-2,5-6H2,(H2,15,16,17,18,19). The number of H-pyrrole nitrogens is 2. The number of carbonyl (C=O) groups is 2. The molecule has 14 nitrogen and oxygen atoms in total. The fourth-order valence-corrected chi connectivity index (χ4v) is 4.26. The number of nitrogens with zero attached hydrogens (tertiary/aromatic N) is 7. The molecule has 5 aromatic rings. The minimum atomic E-state index is -0.436. The lowest BCUT2D eigenvalue weighted by molar-refractivity contribution is -0.120. The molecule has 1 aromatic carbocycles. The maximum Gasteiger partial charge on any atom is 0.264 e. The number of para-hydroxylation sites is 1. The van der Waals surface area contributed by atoms with Crippen molar-refractivity contribution in [3.05, 3.63) is 78.6 Å². The van der Waals surface area contributed by atoms with Gasteiger partial charge in [0.05, 0.1) is 5.56 Å². The Morgan fingerprint density at radius 2 is 1.42 bits per heavy atom. The van der Waals surface area contributed by atoms with Crippen molar-refractivity contribution in [2.24, 2.45) is 5.92 Å². The van der Waals surface area contributed by atoms with Gasteiger partial charge in [0, 0.05) is 18.3 Å². The topological polar surface area (TPSA) is 200 Å². The van der Waals surface area contributed by atoms with Crippen LogP contribution < -0.4 is 15.4 Å². The van der Waals surface area contributed by atoms with Crippen LogP contribution in [-0.2, 0) is 9.59 Å². The number of anilines is 2. The monoisotopic (exact) mass is 577 g/mol. The Hall–Kier alpha value is -5.97. The number of aromatic amines is 2. The van der Waals surface area contributed by atoms with Gasteiger partial charge in [-0.15, -0.1) is 10.2 Å². The fraction of sp³-hybridized carbons (Fsp3) is 0.207. The predicted molar refractivity (Wildman–Crippen MR) is 155 cm³/mol. The number of nitrogens with one attached hydrogen (secondary N) is 4. The summed E-state index contributed by atoms with van der Waals surface area (Å²) in [4.78, 5) is 40.5. The van der Waals surface area contributed by atoms with Gasteiger partial charge < -0.3 is 4.74 Å². The zero-order valence-corrected chi connectivity index (χ0v) is 22.9. The van der Waals surface area contributed by atoms with Crippen LogP contribution in [-0.4, -0.2) is 58.8 Å². The lowest BCUT2D eigenvalue weighted by Gasteiger charge is -2.06. The number of pyridine rings is 2. The number of aromatic nitrogens is 8. The number of rotatable bonds is 8. The molecule has 6 rings (SSSR count). The van der Waals surface area contributed by atoms with Crippen LogP contribution in [0, 0.1) is 17.2 Å². The molecule has 2 amide bonds. The lowest BCUT2D eigenvalue weighted by Crippen LogP contribution is -2.21.